The number of ether oxygens (including phenoxy) is 2. The molecule has 0 radical (unpaired) electrons. The first kappa shape index (κ1) is 13.8. The number of hydrogen-bond acceptors (Lipinski definition) is 4. The molecule has 0 aliphatic carbocycles. The lowest BCUT2D eigenvalue weighted by molar-refractivity contribution is 0.0690. The first-order valence-corrected chi connectivity index (χ1v) is 5.90. The molecule has 0 saturated heterocycles. The number of hydrogen-bond donors (Lipinski definition) is 1. The molecule has 5 nitrogen and oxygen atoms in total. The van der Waals surface area contributed by atoms with Crippen LogP contribution in [0, 0.1) is 5.82 Å². The second-order valence-electron chi connectivity index (χ2n) is 3.79. The number of carbonyl (C=O) groups is 1. The van der Waals surface area contributed by atoms with Gasteiger partial charge in [0.25, 0.3) is 5.88 Å². The molecule has 1 aromatic carbocycles. The Kier molecular flexibility index (Phi) is 4.14. The van der Waals surface area contributed by atoms with Crippen molar-refractivity contribution in [3.8, 4) is 17.4 Å². The van der Waals surface area contributed by atoms with E-state index in [0.717, 1.165) is 6.07 Å². The number of nitrogens with zero attached hydrogens (tertiary/aromatic N) is 1. The van der Waals surface area contributed by atoms with Crippen molar-refractivity contribution >= 4 is 5.97 Å². The first-order chi connectivity index (χ1) is 9.61. The Morgan fingerprint density at radius 1 is 1.25 bits per heavy atom. The fraction of sp³-hybridized carbons (Fsp3) is 0.143. The molecule has 0 aliphatic rings. The molecule has 0 bridgehead atoms. The minimum atomic E-state index is -1.37. The maximum Gasteiger partial charge on any atom is 0.338 e. The molecule has 0 aliphatic heterocycles. The van der Waals surface area contributed by atoms with E-state index in [9.17, 15) is 9.18 Å². The van der Waals surface area contributed by atoms with Crippen LogP contribution in [0.15, 0.2) is 36.5 Å². The van der Waals surface area contributed by atoms with E-state index in [1.165, 1.54) is 6.20 Å². The van der Waals surface area contributed by atoms with Gasteiger partial charge in [-0.15, -0.1) is 0 Å². The standard InChI is InChI=1S/C14H12FNO4/c1-2-19-9-3-5-10(6-4-9)20-13-12(15)11(14(17)18)7-8-16-13/h3-8H,2H2,1H3,(H,17,18). The molecule has 0 spiro atoms. The van der Waals surface area contributed by atoms with Crippen LogP contribution >= 0.6 is 0 Å². The van der Waals surface area contributed by atoms with E-state index in [1.807, 2.05) is 6.92 Å². The summed E-state index contributed by atoms with van der Waals surface area (Å²) in [6, 6.07) is 7.57. The van der Waals surface area contributed by atoms with Crippen molar-refractivity contribution in [1.29, 1.82) is 0 Å². The molecular formula is C14H12FNO4. The predicted molar refractivity (Wildman–Crippen MR) is 68.8 cm³/mol. The Balaban J connectivity index is 2.21. The third-order valence-corrected chi connectivity index (χ3v) is 2.44. The summed E-state index contributed by atoms with van der Waals surface area (Å²) in [4.78, 5) is 14.5. The summed E-state index contributed by atoms with van der Waals surface area (Å²) in [5, 5.41) is 8.81. The first-order valence-electron chi connectivity index (χ1n) is 5.90. The second-order valence-corrected chi connectivity index (χ2v) is 3.79. The van der Waals surface area contributed by atoms with Gasteiger partial charge in [-0.3, -0.25) is 0 Å². The van der Waals surface area contributed by atoms with E-state index in [4.69, 9.17) is 14.6 Å². The van der Waals surface area contributed by atoms with Crippen LogP contribution in [0.25, 0.3) is 0 Å². The van der Waals surface area contributed by atoms with Crippen molar-refractivity contribution in [2.75, 3.05) is 6.61 Å². The Morgan fingerprint density at radius 3 is 2.50 bits per heavy atom. The van der Waals surface area contributed by atoms with Gasteiger partial charge in [-0.1, -0.05) is 0 Å². The zero-order chi connectivity index (χ0) is 14.5. The zero-order valence-electron chi connectivity index (χ0n) is 10.7. The third-order valence-electron chi connectivity index (χ3n) is 2.44. The van der Waals surface area contributed by atoms with Crippen LogP contribution in [0.5, 0.6) is 17.4 Å². The number of carboxylic acid groups (broad SMARTS) is 1. The van der Waals surface area contributed by atoms with Gasteiger partial charge in [0.1, 0.15) is 17.1 Å². The van der Waals surface area contributed by atoms with Crippen molar-refractivity contribution in [2.24, 2.45) is 0 Å². The quantitative estimate of drug-likeness (QED) is 0.909. The van der Waals surface area contributed by atoms with E-state index >= 15 is 0 Å². The van der Waals surface area contributed by atoms with Crippen LogP contribution in [-0.2, 0) is 0 Å². The molecule has 0 unspecified atom stereocenters. The molecule has 104 valence electrons. The number of aromatic nitrogens is 1. The van der Waals surface area contributed by atoms with Crippen LogP contribution in [0.4, 0.5) is 4.39 Å². The smallest absolute Gasteiger partial charge is 0.338 e. The third kappa shape index (κ3) is 3.03. The van der Waals surface area contributed by atoms with Crippen molar-refractivity contribution < 1.29 is 23.8 Å². The summed E-state index contributed by atoms with van der Waals surface area (Å²) in [6.45, 7) is 2.40. The van der Waals surface area contributed by atoms with Crippen molar-refractivity contribution in [3.05, 3.63) is 47.9 Å². The van der Waals surface area contributed by atoms with E-state index in [-0.39, 0.29) is 5.88 Å². The molecule has 0 amide bonds. The number of aromatic carboxylic acids is 1. The normalized spacial score (nSPS) is 10.1. The summed E-state index contributed by atoms with van der Waals surface area (Å²) < 4.78 is 24.3. The summed E-state index contributed by atoms with van der Waals surface area (Å²) in [5.41, 5.74) is -0.485. The van der Waals surface area contributed by atoms with Crippen LogP contribution in [-0.4, -0.2) is 22.7 Å². The predicted octanol–water partition coefficient (Wildman–Crippen LogP) is 3.11. The van der Waals surface area contributed by atoms with Gasteiger partial charge in [-0.2, -0.15) is 0 Å². The van der Waals surface area contributed by atoms with Crippen molar-refractivity contribution in [3.63, 3.8) is 0 Å². The van der Waals surface area contributed by atoms with Crippen molar-refractivity contribution in [1.82, 2.24) is 4.98 Å². The Hall–Kier alpha value is -2.63. The number of carboxylic acids is 1. The summed E-state index contributed by atoms with van der Waals surface area (Å²) in [6.07, 6.45) is 1.18. The van der Waals surface area contributed by atoms with Crippen molar-refractivity contribution in [2.45, 2.75) is 6.92 Å². The maximum atomic E-state index is 13.8. The Labute approximate surface area is 114 Å². The van der Waals surface area contributed by atoms with Gasteiger partial charge in [0, 0.05) is 6.20 Å². The SMILES string of the molecule is CCOc1ccc(Oc2nccc(C(=O)O)c2F)cc1. The lowest BCUT2D eigenvalue weighted by atomic mass is 10.2. The van der Waals surface area contributed by atoms with Crippen LogP contribution in [0.2, 0.25) is 0 Å². The number of rotatable bonds is 5. The van der Waals surface area contributed by atoms with Gasteiger partial charge in [-0.05, 0) is 37.3 Å². The largest absolute Gasteiger partial charge is 0.494 e. The molecule has 6 heteroatoms. The summed E-state index contributed by atoms with van der Waals surface area (Å²) in [5.74, 6) is -1.76. The highest BCUT2D eigenvalue weighted by atomic mass is 19.1. The molecule has 2 aromatic rings. The summed E-state index contributed by atoms with van der Waals surface area (Å²) >= 11 is 0. The molecule has 0 fully saturated rings. The summed E-state index contributed by atoms with van der Waals surface area (Å²) in [7, 11) is 0. The monoisotopic (exact) mass is 277 g/mol. The molecule has 20 heavy (non-hydrogen) atoms. The van der Waals surface area contributed by atoms with Gasteiger partial charge in [-0.25, -0.2) is 14.2 Å². The highest BCUT2D eigenvalue weighted by molar-refractivity contribution is 5.88. The van der Waals surface area contributed by atoms with Gasteiger partial charge >= 0.3 is 5.97 Å². The molecule has 1 aromatic heterocycles. The van der Waals surface area contributed by atoms with E-state index in [0.29, 0.717) is 18.1 Å². The van der Waals surface area contributed by atoms with Gasteiger partial charge < -0.3 is 14.6 Å². The molecule has 0 saturated carbocycles. The Morgan fingerprint density at radius 2 is 1.90 bits per heavy atom. The highest BCUT2D eigenvalue weighted by Gasteiger charge is 2.16. The molecular weight excluding hydrogens is 265 g/mol. The molecule has 2 rings (SSSR count). The number of halogens is 1. The number of benzene rings is 1. The zero-order valence-corrected chi connectivity index (χ0v) is 10.7. The van der Waals surface area contributed by atoms with Crippen LogP contribution in [0.3, 0.4) is 0 Å². The van der Waals surface area contributed by atoms with Crippen LogP contribution < -0.4 is 9.47 Å². The Bertz CT molecular complexity index is 613. The van der Waals surface area contributed by atoms with E-state index in [2.05, 4.69) is 4.98 Å². The second kappa shape index (κ2) is 6.01. The van der Waals surface area contributed by atoms with E-state index < -0.39 is 17.3 Å². The van der Waals surface area contributed by atoms with Gasteiger partial charge in [0.2, 0.25) is 0 Å². The lowest BCUT2D eigenvalue weighted by Crippen LogP contribution is -2.03. The lowest BCUT2D eigenvalue weighted by Gasteiger charge is -2.08. The van der Waals surface area contributed by atoms with Crippen LogP contribution in [0.1, 0.15) is 17.3 Å². The topological polar surface area (TPSA) is 68.7 Å². The van der Waals surface area contributed by atoms with E-state index in [1.54, 1.807) is 24.3 Å². The average molecular weight is 277 g/mol. The highest BCUT2D eigenvalue weighted by Crippen LogP contribution is 2.25. The fourth-order valence-corrected chi connectivity index (χ4v) is 1.54. The molecule has 1 heterocycles. The fourth-order valence-electron chi connectivity index (χ4n) is 1.54. The van der Waals surface area contributed by atoms with Gasteiger partial charge in [0.15, 0.2) is 5.82 Å². The minimum absolute atomic E-state index is 0.336. The number of pyridine rings is 1. The minimum Gasteiger partial charge on any atom is -0.494 e. The maximum absolute atomic E-state index is 13.8. The molecule has 1 N–H and O–H groups in total. The average Bonchev–Trinajstić information content (AvgIpc) is 2.43. The molecule has 0 atom stereocenters. The van der Waals surface area contributed by atoms with Gasteiger partial charge in [0.05, 0.1) is 6.61 Å².